The molecule has 3 heteroatoms. The zero-order valence-corrected chi connectivity index (χ0v) is 9.28. The van der Waals surface area contributed by atoms with E-state index in [0.29, 0.717) is 6.61 Å². The van der Waals surface area contributed by atoms with E-state index in [9.17, 15) is 0 Å². The summed E-state index contributed by atoms with van der Waals surface area (Å²) in [5.74, 6) is 0.768. The van der Waals surface area contributed by atoms with Gasteiger partial charge < -0.3 is 10.5 Å². The van der Waals surface area contributed by atoms with Crippen molar-refractivity contribution in [3.63, 3.8) is 0 Å². The molecule has 0 saturated heterocycles. The Hall–Kier alpha value is -1.35. The van der Waals surface area contributed by atoms with Crippen LogP contribution in [-0.4, -0.2) is 19.0 Å². The molecule has 0 spiro atoms. The molecule has 1 fully saturated rings. The van der Waals surface area contributed by atoms with Crippen LogP contribution in [0.15, 0.2) is 29.3 Å². The van der Waals surface area contributed by atoms with Gasteiger partial charge in [0, 0.05) is 11.1 Å². The maximum Gasteiger partial charge on any atom is 0.216 e. The van der Waals surface area contributed by atoms with Gasteiger partial charge >= 0.3 is 0 Å². The van der Waals surface area contributed by atoms with Gasteiger partial charge in [-0.25, -0.2) is 4.99 Å². The Morgan fingerprint density at radius 1 is 1.31 bits per heavy atom. The van der Waals surface area contributed by atoms with Gasteiger partial charge in [-0.3, -0.25) is 0 Å². The number of rotatable bonds is 2. The first-order valence-corrected chi connectivity index (χ1v) is 5.85. The van der Waals surface area contributed by atoms with Crippen molar-refractivity contribution in [1.29, 1.82) is 0 Å². The maximum absolute atomic E-state index is 6.31. The fourth-order valence-electron chi connectivity index (χ4n) is 2.32. The number of aliphatic imine (C=N–C) groups is 1. The molecule has 1 saturated carbocycles. The maximum atomic E-state index is 6.31. The third-order valence-electron chi connectivity index (χ3n) is 3.52. The Bertz CT molecular complexity index is 435. The standard InChI is InChI=1S/C13H16N2O/c14-13(5-2-6-13)11-4-1-3-10(9-11)12-15-7-8-16-12/h1,3-4,9H,2,5-8,14H2. The van der Waals surface area contributed by atoms with Gasteiger partial charge in [-0.05, 0) is 37.0 Å². The van der Waals surface area contributed by atoms with Gasteiger partial charge in [-0.2, -0.15) is 0 Å². The van der Waals surface area contributed by atoms with Crippen LogP contribution in [-0.2, 0) is 10.3 Å². The average Bonchev–Trinajstić information content (AvgIpc) is 2.79. The summed E-state index contributed by atoms with van der Waals surface area (Å²) in [6.45, 7) is 1.47. The van der Waals surface area contributed by atoms with E-state index in [1.165, 1.54) is 12.0 Å². The molecular weight excluding hydrogens is 200 g/mol. The van der Waals surface area contributed by atoms with Gasteiger partial charge in [-0.15, -0.1) is 0 Å². The molecule has 2 N–H and O–H groups in total. The predicted molar refractivity (Wildman–Crippen MR) is 63.5 cm³/mol. The Kier molecular flexibility index (Phi) is 2.21. The second kappa shape index (κ2) is 3.59. The summed E-state index contributed by atoms with van der Waals surface area (Å²) < 4.78 is 5.47. The van der Waals surface area contributed by atoms with Crippen LogP contribution in [0.1, 0.15) is 30.4 Å². The highest BCUT2D eigenvalue weighted by Gasteiger charge is 2.34. The highest BCUT2D eigenvalue weighted by atomic mass is 16.5. The zero-order valence-electron chi connectivity index (χ0n) is 9.28. The zero-order chi connectivity index (χ0) is 11.0. The summed E-state index contributed by atoms with van der Waals surface area (Å²) in [5.41, 5.74) is 8.49. The van der Waals surface area contributed by atoms with Crippen LogP contribution >= 0.6 is 0 Å². The molecule has 0 atom stereocenters. The molecule has 3 nitrogen and oxygen atoms in total. The number of nitrogens with zero attached hydrogens (tertiary/aromatic N) is 1. The van der Waals surface area contributed by atoms with E-state index >= 15 is 0 Å². The van der Waals surface area contributed by atoms with Crippen LogP contribution in [0.2, 0.25) is 0 Å². The Balaban J connectivity index is 1.93. The van der Waals surface area contributed by atoms with E-state index in [1.807, 2.05) is 12.1 Å². The van der Waals surface area contributed by atoms with E-state index in [-0.39, 0.29) is 5.54 Å². The van der Waals surface area contributed by atoms with Crippen molar-refractivity contribution in [2.45, 2.75) is 24.8 Å². The molecule has 1 aromatic rings. The smallest absolute Gasteiger partial charge is 0.216 e. The van der Waals surface area contributed by atoms with Crippen LogP contribution in [0.3, 0.4) is 0 Å². The summed E-state index contributed by atoms with van der Waals surface area (Å²) in [7, 11) is 0. The predicted octanol–water partition coefficient (Wildman–Crippen LogP) is 1.80. The molecule has 0 amide bonds. The average molecular weight is 216 g/mol. The summed E-state index contributed by atoms with van der Waals surface area (Å²) in [5, 5.41) is 0. The van der Waals surface area contributed by atoms with E-state index in [4.69, 9.17) is 10.5 Å². The second-order valence-electron chi connectivity index (χ2n) is 4.63. The van der Waals surface area contributed by atoms with Gasteiger partial charge in [0.25, 0.3) is 0 Å². The fraction of sp³-hybridized carbons (Fsp3) is 0.462. The number of benzene rings is 1. The lowest BCUT2D eigenvalue weighted by Gasteiger charge is -2.38. The SMILES string of the molecule is NC1(c2cccc(C3=NCCO3)c2)CCC1. The first-order chi connectivity index (χ1) is 7.78. The van der Waals surface area contributed by atoms with E-state index in [0.717, 1.165) is 30.8 Å². The van der Waals surface area contributed by atoms with E-state index in [1.54, 1.807) is 0 Å². The molecular formula is C13H16N2O. The fourth-order valence-corrected chi connectivity index (χ4v) is 2.32. The Morgan fingerprint density at radius 2 is 2.19 bits per heavy atom. The molecule has 1 heterocycles. The van der Waals surface area contributed by atoms with E-state index in [2.05, 4.69) is 17.1 Å². The van der Waals surface area contributed by atoms with Gasteiger partial charge in [-0.1, -0.05) is 12.1 Å². The molecule has 0 aromatic heterocycles. The lowest BCUT2D eigenvalue weighted by atomic mass is 9.72. The highest BCUT2D eigenvalue weighted by Crippen LogP contribution is 2.38. The van der Waals surface area contributed by atoms with Crippen molar-refractivity contribution in [1.82, 2.24) is 0 Å². The number of ether oxygens (including phenoxy) is 1. The monoisotopic (exact) mass is 216 g/mol. The van der Waals surface area contributed by atoms with Gasteiger partial charge in [0.1, 0.15) is 6.61 Å². The van der Waals surface area contributed by atoms with Crippen LogP contribution in [0.25, 0.3) is 0 Å². The molecule has 84 valence electrons. The third kappa shape index (κ3) is 1.52. The van der Waals surface area contributed by atoms with Crippen LogP contribution in [0, 0.1) is 0 Å². The van der Waals surface area contributed by atoms with Crippen molar-refractivity contribution in [2.24, 2.45) is 10.7 Å². The van der Waals surface area contributed by atoms with Crippen LogP contribution < -0.4 is 5.73 Å². The second-order valence-corrected chi connectivity index (χ2v) is 4.63. The Labute approximate surface area is 95.3 Å². The molecule has 0 unspecified atom stereocenters. The summed E-state index contributed by atoms with van der Waals surface area (Å²) >= 11 is 0. The minimum Gasteiger partial charge on any atom is -0.476 e. The number of hydrogen-bond acceptors (Lipinski definition) is 3. The van der Waals surface area contributed by atoms with Gasteiger partial charge in [0.15, 0.2) is 0 Å². The van der Waals surface area contributed by atoms with Crippen molar-refractivity contribution >= 4 is 5.90 Å². The van der Waals surface area contributed by atoms with Crippen molar-refractivity contribution in [2.75, 3.05) is 13.2 Å². The number of hydrogen-bond donors (Lipinski definition) is 1. The summed E-state index contributed by atoms with van der Waals surface area (Å²) in [6.07, 6.45) is 3.41. The first kappa shape index (κ1) is 9.85. The van der Waals surface area contributed by atoms with Crippen molar-refractivity contribution < 1.29 is 4.74 Å². The van der Waals surface area contributed by atoms with Gasteiger partial charge in [0.2, 0.25) is 5.90 Å². The molecule has 1 aromatic carbocycles. The molecule has 0 radical (unpaired) electrons. The highest BCUT2D eigenvalue weighted by molar-refractivity contribution is 5.95. The van der Waals surface area contributed by atoms with Crippen molar-refractivity contribution in [3.8, 4) is 0 Å². The molecule has 3 rings (SSSR count). The third-order valence-corrected chi connectivity index (χ3v) is 3.52. The number of nitrogens with two attached hydrogens (primary N) is 1. The van der Waals surface area contributed by atoms with Crippen LogP contribution in [0.5, 0.6) is 0 Å². The molecule has 0 bridgehead atoms. The Morgan fingerprint density at radius 3 is 2.81 bits per heavy atom. The quantitative estimate of drug-likeness (QED) is 0.819. The van der Waals surface area contributed by atoms with Crippen LogP contribution in [0.4, 0.5) is 0 Å². The minimum absolute atomic E-state index is 0.102. The lowest BCUT2D eigenvalue weighted by Crippen LogP contribution is -2.43. The lowest BCUT2D eigenvalue weighted by molar-refractivity contribution is 0.253. The molecule has 2 aliphatic rings. The summed E-state index contributed by atoms with van der Waals surface area (Å²) in [4.78, 5) is 4.33. The molecule has 1 aliphatic heterocycles. The molecule has 16 heavy (non-hydrogen) atoms. The minimum atomic E-state index is -0.102. The van der Waals surface area contributed by atoms with Gasteiger partial charge in [0.05, 0.1) is 6.54 Å². The normalized spacial score (nSPS) is 22.2. The van der Waals surface area contributed by atoms with E-state index < -0.39 is 0 Å². The first-order valence-electron chi connectivity index (χ1n) is 5.85. The van der Waals surface area contributed by atoms with Crippen molar-refractivity contribution in [3.05, 3.63) is 35.4 Å². The topological polar surface area (TPSA) is 47.6 Å². The largest absolute Gasteiger partial charge is 0.476 e. The summed E-state index contributed by atoms with van der Waals surface area (Å²) in [6, 6.07) is 8.32. The molecule has 1 aliphatic carbocycles.